The molecule has 0 atom stereocenters. The Kier molecular flexibility index (Phi) is 6.26. The van der Waals surface area contributed by atoms with E-state index >= 15 is 0 Å². The van der Waals surface area contributed by atoms with Crippen molar-refractivity contribution in [2.45, 2.75) is 51.0 Å². The van der Waals surface area contributed by atoms with E-state index in [4.69, 9.17) is 10.5 Å². The smallest absolute Gasteiger partial charge is 0.340 e. The first kappa shape index (κ1) is 17.1. The van der Waals surface area contributed by atoms with E-state index in [9.17, 15) is 14.7 Å². The Morgan fingerprint density at radius 2 is 1.83 bits per heavy atom. The van der Waals surface area contributed by atoms with Crippen molar-refractivity contribution in [1.29, 1.82) is 0 Å². The largest absolute Gasteiger partial charge is 0.508 e. The van der Waals surface area contributed by atoms with Crippen molar-refractivity contribution in [3.05, 3.63) is 23.8 Å². The van der Waals surface area contributed by atoms with E-state index < -0.39 is 5.97 Å². The predicted molar refractivity (Wildman–Crippen MR) is 87.1 cm³/mol. The molecule has 1 aromatic carbocycles. The van der Waals surface area contributed by atoms with Gasteiger partial charge in [-0.2, -0.15) is 0 Å². The van der Waals surface area contributed by atoms with Crippen molar-refractivity contribution in [2.24, 2.45) is 0 Å². The van der Waals surface area contributed by atoms with Crippen LogP contribution in [0.25, 0.3) is 0 Å². The molecule has 1 aliphatic carbocycles. The third kappa shape index (κ3) is 5.47. The Morgan fingerprint density at radius 3 is 2.52 bits per heavy atom. The Balaban J connectivity index is 1.81. The van der Waals surface area contributed by atoms with Gasteiger partial charge in [0.1, 0.15) is 5.75 Å². The highest BCUT2D eigenvalue weighted by Gasteiger charge is 2.17. The van der Waals surface area contributed by atoms with E-state index in [1.807, 2.05) is 0 Å². The summed E-state index contributed by atoms with van der Waals surface area (Å²) >= 11 is 0. The van der Waals surface area contributed by atoms with Crippen LogP contribution in [0.2, 0.25) is 0 Å². The number of esters is 1. The lowest BCUT2D eigenvalue weighted by Crippen LogP contribution is -2.38. The molecule has 1 fully saturated rings. The maximum absolute atomic E-state index is 11.9. The molecule has 1 aliphatic rings. The summed E-state index contributed by atoms with van der Waals surface area (Å²) in [5.41, 5.74) is 5.93. The number of phenols is 1. The molecule has 0 radical (unpaired) electrons. The molecular weight excluding hydrogens is 296 g/mol. The fraction of sp³-hybridized carbons (Fsp3) is 0.529. The summed E-state index contributed by atoms with van der Waals surface area (Å²) in [4.78, 5) is 23.8. The number of benzene rings is 1. The van der Waals surface area contributed by atoms with Gasteiger partial charge in [-0.3, -0.25) is 4.79 Å². The number of anilines is 1. The third-order valence-electron chi connectivity index (χ3n) is 4.06. The third-order valence-corrected chi connectivity index (χ3v) is 4.06. The topological polar surface area (TPSA) is 102 Å². The number of hydrogen-bond donors (Lipinski definition) is 3. The van der Waals surface area contributed by atoms with Gasteiger partial charge in [0.25, 0.3) is 5.91 Å². The Hall–Kier alpha value is -2.24. The molecule has 23 heavy (non-hydrogen) atoms. The highest BCUT2D eigenvalue weighted by molar-refractivity contribution is 5.96. The number of rotatable bonds is 4. The Morgan fingerprint density at radius 1 is 1.17 bits per heavy atom. The molecule has 6 heteroatoms. The summed E-state index contributed by atoms with van der Waals surface area (Å²) < 4.78 is 4.98. The predicted octanol–water partition coefficient (Wildman–Crippen LogP) is 2.36. The minimum absolute atomic E-state index is 0.0590. The quantitative estimate of drug-likeness (QED) is 0.449. The first-order valence-corrected chi connectivity index (χ1v) is 8.11. The second-order valence-electron chi connectivity index (χ2n) is 5.96. The van der Waals surface area contributed by atoms with Gasteiger partial charge in [-0.15, -0.1) is 0 Å². The van der Waals surface area contributed by atoms with Crippen molar-refractivity contribution >= 4 is 17.6 Å². The van der Waals surface area contributed by atoms with Crippen LogP contribution in [0.15, 0.2) is 18.2 Å². The lowest BCUT2D eigenvalue weighted by atomic mass is 9.97. The zero-order valence-corrected chi connectivity index (χ0v) is 13.2. The van der Waals surface area contributed by atoms with Gasteiger partial charge in [-0.25, -0.2) is 4.79 Å². The van der Waals surface area contributed by atoms with Crippen LogP contribution in [-0.4, -0.2) is 29.6 Å². The number of nitrogens with one attached hydrogen (secondary N) is 1. The summed E-state index contributed by atoms with van der Waals surface area (Å²) in [6.07, 6.45) is 7.85. The minimum atomic E-state index is -0.716. The van der Waals surface area contributed by atoms with Crippen LogP contribution in [0, 0.1) is 0 Å². The zero-order chi connectivity index (χ0) is 16.7. The van der Waals surface area contributed by atoms with Crippen LogP contribution in [0.5, 0.6) is 5.75 Å². The number of nitrogens with two attached hydrogens (primary N) is 1. The van der Waals surface area contributed by atoms with E-state index in [-0.39, 0.29) is 35.6 Å². The molecule has 0 aliphatic heterocycles. The highest BCUT2D eigenvalue weighted by Crippen LogP contribution is 2.19. The fourth-order valence-corrected chi connectivity index (χ4v) is 2.80. The molecule has 1 saturated carbocycles. The second-order valence-corrected chi connectivity index (χ2v) is 5.96. The van der Waals surface area contributed by atoms with Crippen LogP contribution in [0.3, 0.4) is 0 Å². The first-order chi connectivity index (χ1) is 11.1. The average molecular weight is 320 g/mol. The molecule has 0 unspecified atom stereocenters. The maximum Gasteiger partial charge on any atom is 0.340 e. The lowest BCUT2D eigenvalue weighted by molar-refractivity contribution is -0.125. The van der Waals surface area contributed by atoms with E-state index in [1.54, 1.807) is 0 Å². The van der Waals surface area contributed by atoms with Crippen molar-refractivity contribution in [3.8, 4) is 5.75 Å². The van der Waals surface area contributed by atoms with Gasteiger partial charge in [-0.1, -0.05) is 32.1 Å². The molecule has 0 bridgehead atoms. The summed E-state index contributed by atoms with van der Waals surface area (Å²) in [6.45, 7) is -0.343. The van der Waals surface area contributed by atoms with Crippen LogP contribution in [0.1, 0.15) is 55.3 Å². The molecule has 0 heterocycles. The molecule has 1 amide bonds. The van der Waals surface area contributed by atoms with E-state index in [1.165, 1.54) is 37.5 Å². The van der Waals surface area contributed by atoms with Gasteiger partial charge in [0.2, 0.25) is 0 Å². The standard InChI is InChI=1S/C17H24N2O4/c18-15-9-8-13(20)10-14(15)17(22)23-11-16(21)19-12-6-4-2-1-3-5-7-12/h8-10,12,20H,1-7,11,18H2,(H,19,21). The number of carbonyl (C=O) groups is 2. The summed E-state index contributed by atoms with van der Waals surface area (Å²) in [5.74, 6) is -1.10. The highest BCUT2D eigenvalue weighted by atomic mass is 16.5. The lowest BCUT2D eigenvalue weighted by Gasteiger charge is -2.20. The number of aromatic hydroxyl groups is 1. The summed E-state index contributed by atoms with van der Waals surface area (Å²) in [7, 11) is 0. The molecule has 126 valence electrons. The monoisotopic (exact) mass is 320 g/mol. The van der Waals surface area contributed by atoms with Crippen LogP contribution < -0.4 is 11.1 Å². The van der Waals surface area contributed by atoms with Crippen molar-refractivity contribution < 1.29 is 19.4 Å². The molecule has 4 N–H and O–H groups in total. The number of carbonyl (C=O) groups excluding carboxylic acids is 2. The van der Waals surface area contributed by atoms with Crippen LogP contribution in [0.4, 0.5) is 5.69 Å². The van der Waals surface area contributed by atoms with Gasteiger partial charge in [0.05, 0.1) is 5.56 Å². The second kappa shape index (κ2) is 8.41. The molecule has 6 nitrogen and oxygen atoms in total. The summed E-state index contributed by atoms with van der Waals surface area (Å²) in [6, 6.07) is 4.19. The van der Waals surface area contributed by atoms with Gasteiger partial charge >= 0.3 is 5.97 Å². The Bertz CT molecular complexity index is 552. The van der Waals surface area contributed by atoms with Gasteiger partial charge in [-0.05, 0) is 31.0 Å². The molecule has 0 aromatic heterocycles. The Labute approximate surface area is 136 Å². The first-order valence-electron chi connectivity index (χ1n) is 8.11. The molecule has 2 rings (SSSR count). The number of phenolic OH excluding ortho intramolecular Hbond substituents is 1. The van der Waals surface area contributed by atoms with Gasteiger partial charge in [0.15, 0.2) is 6.61 Å². The fourth-order valence-electron chi connectivity index (χ4n) is 2.80. The van der Waals surface area contributed by atoms with Crippen molar-refractivity contribution in [2.75, 3.05) is 12.3 Å². The van der Waals surface area contributed by atoms with Crippen molar-refractivity contribution in [1.82, 2.24) is 5.32 Å². The number of ether oxygens (including phenoxy) is 1. The van der Waals surface area contributed by atoms with E-state index in [0.29, 0.717) is 0 Å². The van der Waals surface area contributed by atoms with Crippen LogP contribution >= 0.6 is 0 Å². The molecular formula is C17H24N2O4. The maximum atomic E-state index is 11.9. The van der Waals surface area contributed by atoms with E-state index in [0.717, 1.165) is 25.7 Å². The molecule has 0 saturated heterocycles. The summed E-state index contributed by atoms with van der Waals surface area (Å²) in [5, 5.41) is 12.3. The van der Waals surface area contributed by atoms with Crippen LogP contribution in [-0.2, 0) is 9.53 Å². The normalized spacial score (nSPS) is 16.2. The van der Waals surface area contributed by atoms with Crippen molar-refractivity contribution in [3.63, 3.8) is 0 Å². The minimum Gasteiger partial charge on any atom is -0.508 e. The number of nitrogen functional groups attached to an aromatic ring is 1. The van der Waals surface area contributed by atoms with E-state index in [2.05, 4.69) is 5.32 Å². The molecule has 0 spiro atoms. The average Bonchev–Trinajstić information content (AvgIpc) is 2.50. The SMILES string of the molecule is Nc1ccc(O)cc1C(=O)OCC(=O)NC1CCCCCCC1. The zero-order valence-electron chi connectivity index (χ0n) is 13.2. The number of amides is 1. The van der Waals surface area contributed by atoms with Gasteiger partial charge < -0.3 is 20.9 Å². The van der Waals surface area contributed by atoms with Gasteiger partial charge in [0, 0.05) is 11.7 Å². The number of hydrogen-bond acceptors (Lipinski definition) is 5. The molecule has 1 aromatic rings.